The lowest BCUT2D eigenvalue weighted by Crippen LogP contribution is -2.36. The Morgan fingerprint density at radius 1 is 1.23 bits per heavy atom. The van der Waals surface area contributed by atoms with Gasteiger partial charge in [-0.25, -0.2) is 14.2 Å². The first kappa shape index (κ1) is 20.0. The number of nitrogens with zero attached hydrogens (tertiary/aromatic N) is 4. The molecule has 3 heterocycles. The molecule has 5 rings (SSSR count). The first-order valence-electron chi connectivity index (χ1n) is 10.8. The normalized spacial score (nSPS) is 25.9. The van der Waals surface area contributed by atoms with Crippen molar-refractivity contribution in [2.24, 2.45) is 11.8 Å². The second kappa shape index (κ2) is 6.55. The smallest absolute Gasteiger partial charge is 0.410 e. The van der Waals surface area contributed by atoms with Crippen molar-refractivity contribution in [3.63, 3.8) is 0 Å². The minimum absolute atomic E-state index is 0.0772. The first-order chi connectivity index (χ1) is 14.1. The predicted octanol–water partition coefficient (Wildman–Crippen LogP) is 5.26. The van der Waals surface area contributed by atoms with Gasteiger partial charge in [0.2, 0.25) is 0 Å². The van der Waals surface area contributed by atoms with Crippen molar-refractivity contribution in [2.75, 3.05) is 13.1 Å². The number of hydrogen-bond donors (Lipinski definition) is 0. The van der Waals surface area contributed by atoms with Crippen molar-refractivity contribution in [2.45, 2.75) is 70.9 Å². The molecule has 2 saturated carbocycles. The van der Waals surface area contributed by atoms with Crippen LogP contribution in [0, 0.1) is 17.7 Å². The Balaban J connectivity index is 1.49. The van der Waals surface area contributed by atoms with E-state index in [0.29, 0.717) is 30.4 Å². The molecule has 2 aliphatic carbocycles. The van der Waals surface area contributed by atoms with Crippen molar-refractivity contribution in [1.82, 2.24) is 19.7 Å². The number of halogens is 2. The number of rotatable bonds is 3. The Labute approximate surface area is 180 Å². The molecule has 2 aromatic heterocycles. The molecule has 3 aliphatic rings. The van der Waals surface area contributed by atoms with Crippen molar-refractivity contribution in [1.29, 1.82) is 0 Å². The highest BCUT2D eigenvalue weighted by atomic mass is 35.5. The number of hydrogen-bond acceptors (Lipinski definition) is 4. The molecular formula is C22H28ClFN4O2. The zero-order chi connectivity index (χ0) is 21.5. The molecule has 1 amide bonds. The summed E-state index contributed by atoms with van der Waals surface area (Å²) in [5.41, 5.74) is 1.75. The molecule has 8 heteroatoms. The number of aromatic nitrogens is 3. The monoisotopic (exact) mass is 434 g/mol. The van der Waals surface area contributed by atoms with Crippen molar-refractivity contribution < 1.29 is 13.9 Å². The van der Waals surface area contributed by atoms with Crippen LogP contribution in [0.5, 0.6) is 0 Å². The molecule has 1 aliphatic heterocycles. The molecule has 30 heavy (non-hydrogen) atoms. The first-order valence-corrected chi connectivity index (χ1v) is 11.2. The molecule has 6 nitrogen and oxygen atoms in total. The fraction of sp³-hybridized carbons (Fsp3) is 0.682. The highest BCUT2D eigenvalue weighted by molar-refractivity contribution is 6.30. The van der Waals surface area contributed by atoms with Gasteiger partial charge in [0.15, 0.2) is 11.0 Å². The Bertz CT molecular complexity index is 1030. The zero-order valence-corrected chi connectivity index (χ0v) is 18.8. The van der Waals surface area contributed by atoms with Gasteiger partial charge in [-0.2, -0.15) is 5.10 Å². The number of amides is 1. The van der Waals surface area contributed by atoms with Gasteiger partial charge < -0.3 is 9.64 Å². The van der Waals surface area contributed by atoms with E-state index < -0.39 is 11.4 Å². The molecule has 162 valence electrons. The zero-order valence-electron chi connectivity index (χ0n) is 18.1. The van der Waals surface area contributed by atoms with E-state index in [1.807, 2.05) is 39.3 Å². The van der Waals surface area contributed by atoms with Gasteiger partial charge in [0, 0.05) is 24.4 Å². The SMILES string of the molecule is CC(C)c1nc(Cl)c(F)c2c1c(C1C3CN(C(=O)OC(C)(C)C)CC31)nn2C1CC1. The lowest BCUT2D eigenvalue weighted by atomic mass is 10.0. The second-order valence-corrected chi connectivity index (χ2v) is 10.6. The highest BCUT2D eigenvalue weighted by Crippen LogP contribution is 2.60. The van der Waals surface area contributed by atoms with Gasteiger partial charge in [-0.3, -0.25) is 4.68 Å². The van der Waals surface area contributed by atoms with Gasteiger partial charge in [-0.15, -0.1) is 0 Å². The topological polar surface area (TPSA) is 60.3 Å². The Kier molecular flexibility index (Phi) is 4.38. The maximum absolute atomic E-state index is 15.1. The van der Waals surface area contributed by atoms with Crippen LogP contribution in [0.25, 0.3) is 10.9 Å². The third-order valence-electron chi connectivity index (χ3n) is 6.40. The van der Waals surface area contributed by atoms with Crippen LogP contribution in [-0.4, -0.2) is 44.4 Å². The average Bonchev–Trinajstić information content (AvgIpc) is 3.52. The Hall–Kier alpha value is -1.89. The third kappa shape index (κ3) is 3.17. The summed E-state index contributed by atoms with van der Waals surface area (Å²) >= 11 is 6.16. The van der Waals surface area contributed by atoms with Crippen LogP contribution in [0.4, 0.5) is 9.18 Å². The van der Waals surface area contributed by atoms with E-state index in [1.165, 1.54) is 0 Å². The summed E-state index contributed by atoms with van der Waals surface area (Å²) in [4.78, 5) is 18.6. The van der Waals surface area contributed by atoms with Crippen LogP contribution in [0.15, 0.2) is 0 Å². The van der Waals surface area contributed by atoms with Crippen molar-refractivity contribution in [3.05, 3.63) is 22.4 Å². The number of carbonyl (C=O) groups excluding carboxylic acids is 1. The summed E-state index contributed by atoms with van der Waals surface area (Å²) in [6.07, 6.45) is 1.76. The van der Waals surface area contributed by atoms with Gasteiger partial charge in [-0.05, 0) is 51.4 Å². The van der Waals surface area contributed by atoms with Crippen LogP contribution in [0.2, 0.25) is 5.15 Å². The molecule has 0 radical (unpaired) electrons. The molecule has 0 N–H and O–H groups in total. The van der Waals surface area contributed by atoms with Crippen LogP contribution < -0.4 is 0 Å². The van der Waals surface area contributed by atoms with Gasteiger partial charge in [0.25, 0.3) is 0 Å². The number of pyridine rings is 1. The summed E-state index contributed by atoms with van der Waals surface area (Å²) in [7, 11) is 0. The molecule has 0 spiro atoms. The quantitative estimate of drug-likeness (QED) is 0.618. The summed E-state index contributed by atoms with van der Waals surface area (Å²) in [6, 6.07) is 0.242. The fourth-order valence-electron chi connectivity index (χ4n) is 4.87. The highest BCUT2D eigenvalue weighted by Gasteiger charge is 2.59. The average molecular weight is 435 g/mol. The number of piperidine rings is 1. The summed E-state index contributed by atoms with van der Waals surface area (Å²) in [5, 5.41) is 5.67. The molecule has 3 fully saturated rings. The fourth-order valence-corrected chi connectivity index (χ4v) is 5.05. The van der Waals surface area contributed by atoms with E-state index in [2.05, 4.69) is 4.98 Å². The summed E-state index contributed by atoms with van der Waals surface area (Å²) < 4.78 is 22.4. The predicted molar refractivity (Wildman–Crippen MR) is 112 cm³/mol. The van der Waals surface area contributed by atoms with E-state index in [0.717, 1.165) is 29.6 Å². The van der Waals surface area contributed by atoms with Crippen LogP contribution in [0.1, 0.15) is 76.7 Å². The lowest BCUT2D eigenvalue weighted by molar-refractivity contribution is 0.0271. The molecule has 2 atom stereocenters. The number of likely N-dealkylation sites (tertiary alicyclic amines) is 1. The minimum atomic E-state index is -0.503. The van der Waals surface area contributed by atoms with Crippen molar-refractivity contribution >= 4 is 28.6 Å². The molecule has 2 aromatic rings. The van der Waals surface area contributed by atoms with E-state index in [4.69, 9.17) is 21.4 Å². The molecule has 0 aromatic carbocycles. The maximum atomic E-state index is 15.1. The number of carbonyl (C=O) groups is 1. The minimum Gasteiger partial charge on any atom is -0.444 e. The number of ether oxygens (including phenoxy) is 1. The van der Waals surface area contributed by atoms with Gasteiger partial charge in [0.1, 0.15) is 11.1 Å². The van der Waals surface area contributed by atoms with E-state index in [-0.39, 0.29) is 29.1 Å². The molecule has 0 bridgehead atoms. The van der Waals surface area contributed by atoms with E-state index in [1.54, 1.807) is 4.90 Å². The summed E-state index contributed by atoms with van der Waals surface area (Å²) in [6.45, 7) is 11.0. The van der Waals surface area contributed by atoms with Gasteiger partial charge in [0.05, 0.1) is 17.4 Å². The van der Waals surface area contributed by atoms with Crippen LogP contribution in [0.3, 0.4) is 0 Å². The second-order valence-electron chi connectivity index (χ2n) is 10.3. The summed E-state index contributed by atoms with van der Waals surface area (Å²) in [5.74, 6) is 0.538. The Morgan fingerprint density at radius 3 is 2.40 bits per heavy atom. The standard InChI is InChI=1S/C22H28ClFN4O2/c1-10(2)17-15-18(26-28(11-6-7-11)19(15)16(24)20(23)25-17)14-12-8-27(9-13(12)14)21(29)30-22(3,4)5/h10-14H,6-9H2,1-5H3. The maximum Gasteiger partial charge on any atom is 0.410 e. The van der Waals surface area contributed by atoms with E-state index in [9.17, 15) is 4.79 Å². The van der Waals surface area contributed by atoms with E-state index >= 15 is 4.39 Å². The molecule has 1 saturated heterocycles. The van der Waals surface area contributed by atoms with Crippen molar-refractivity contribution in [3.8, 4) is 0 Å². The third-order valence-corrected chi connectivity index (χ3v) is 6.65. The number of fused-ring (bicyclic) bond motifs is 2. The van der Waals surface area contributed by atoms with Gasteiger partial charge in [-0.1, -0.05) is 25.4 Å². The lowest BCUT2D eigenvalue weighted by Gasteiger charge is -2.25. The van der Waals surface area contributed by atoms with Gasteiger partial charge >= 0.3 is 6.09 Å². The Morgan fingerprint density at radius 2 is 1.87 bits per heavy atom. The van der Waals surface area contributed by atoms with Crippen LogP contribution in [-0.2, 0) is 4.74 Å². The largest absolute Gasteiger partial charge is 0.444 e. The molecular weight excluding hydrogens is 407 g/mol. The van der Waals surface area contributed by atoms with Crippen LogP contribution >= 0.6 is 11.6 Å². The molecule has 2 unspecified atom stereocenters.